The summed E-state index contributed by atoms with van der Waals surface area (Å²) in [5.74, 6) is -0.759. The van der Waals surface area contributed by atoms with E-state index in [-0.39, 0.29) is 18.1 Å². The minimum atomic E-state index is -0.565. The summed E-state index contributed by atoms with van der Waals surface area (Å²) in [7, 11) is 0. The van der Waals surface area contributed by atoms with Crippen molar-refractivity contribution < 1.29 is 14.3 Å². The maximum absolute atomic E-state index is 11.8. The Morgan fingerprint density at radius 3 is 2.81 bits per heavy atom. The molecule has 0 atom stereocenters. The first-order chi connectivity index (χ1) is 10.0. The van der Waals surface area contributed by atoms with E-state index in [1.165, 1.54) is 18.3 Å². The Bertz CT molecular complexity index is 666. The van der Waals surface area contributed by atoms with Gasteiger partial charge in [-0.3, -0.25) is 4.79 Å². The SMILES string of the molecule is CCOC(=O)c1nc(NCc2sccc2Br)sc1C(C)=O. The van der Waals surface area contributed by atoms with Crippen LogP contribution in [0.5, 0.6) is 0 Å². The van der Waals surface area contributed by atoms with Gasteiger partial charge in [0.25, 0.3) is 0 Å². The summed E-state index contributed by atoms with van der Waals surface area (Å²) < 4.78 is 5.94. The molecule has 2 heterocycles. The topological polar surface area (TPSA) is 68.3 Å². The predicted octanol–water partition coefficient (Wildman–Crippen LogP) is 3.96. The fourth-order valence-electron chi connectivity index (χ4n) is 1.58. The largest absolute Gasteiger partial charge is 0.461 e. The van der Waals surface area contributed by atoms with Crippen LogP contribution in [-0.2, 0) is 11.3 Å². The maximum atomic E-state index is 11.8. The molecule has 2 aromatic rings. The third kappa shape index (κ3) is 3.90. The summed E-state index contributed by atoms with van der Waals surface area (Å²) in [5.41, 5.74) is 0.0853. The molecule has 0 aromatic carbocycles. The highest BCUT2D eigenvalue weighted by Crippen LogP contribution is 2.27. The molecule has 0 saturated carbocycles. The van der Waals surface area contributed by atoms with Gasteiger partial charge in [0.15, 0.2) is 16.6 Å². The number of thiazole rings is 1. The monoisotopic (exact) mass is 388 g/mol. The minimum Gasteiger partial charge on any atom is -0.461 e. The highest BCUT2D eigenvalue weighted by atomic mass is 79.9. The number of halogens is 1. The van der Waals surface area contributed by atoms with Gasteiger partial charge in [-0.2, -0.15) is 0 Å². The van der Waals surface area contributed by atoms with Gasteiger partial charge in [0.1, 0.15) is 4.88 Å². The molecule has 5 nitrogen and oxygen atoms in total. The van der Waals surface area contributed by atoms with Crippen molar-refractivity contribution in [3.63, 3.8) is 0 Å². The van der Waals surface area contributed by atoms with E-state index in [1.54, 1.807) is 18.3 Å². The number of thiophene rings is 1. The number of anilines is 1. The van der Waals surface area contributed by atoms with Crippen LogP contribution in [0.4, 0.5) is 5.13 Å². The summed E-state index contributed by atoms with van der Waals surface area (Å²) in [4.78, 5) is 29.0. The molecule has 8 heteroatoms. The van der Waals surface area contributed by atoms with Gasteiger partial charge in [0.2, 0.25) is 0 Å². The number of ether oxygens (including phenoxy) is 1. The van der Waals surface area contributed by atoms with Gasteiger partial charge in [-0.1, -0.05) is 11.3 Å². The van der Waals surface area contributed by atoms with Crippen LogP contribution in [-0.4, -0.2) is 23.3 Å². The quantitative estimate of drug-likeness (QED) is 0.598. The number of Topliss-reactive ketones (excluding diaryl/α,β-unsaturated/α-hetero) is 1. The summed E-state index contributed by atoms with van der Waals surface area (Å²) in [6.07, 6.45) is 0. The van der Waals surface area contributed by atoms with E-state index in [1.807, 2.05) is 11.4 Å². The predicted molar refractivity (Wildman–Crippen MR) is 87.4 cm³/mol. The molecule has 0 aliphatic rings. The zero-order valence-corrected chi connectivity index (χ0v) is 14.7. The molecule has 2 aromatic heterocycles. The Balaban J connectivity index is 2.17. The number of ketones is 1. The molecular formula is C13H13BrN2O3S2. The molecule has 112 valence electrons. The number of carbonyl (C=O) groups is 2. The Hall–Kier alpha value is -1.25. The number of carbonyl (C=O) groups excluding carboxylic acids is 2. The number of rotatable bonds is 6. The highest BCUT2D eigenvalue weighted by Gasteiger charge is 2.22. The molecule has 2 rings (SSSR count). The fourth-order valence-corrected chi connectivity index (χ4v) is 3.86. The van der Waals surface area contributed by atoms with Crippen molar-refractivity contribution in [3.05, 3.63) is 31.4 Å². The van der Waals surface area contributed by atoms with Crippen molar-refractivity contribution in [1.82, 2.24) is 4.98 Å². The molecule has 0 radical (unpaired) electrons. The van der Waals surface area contributed by atoms with Crippen molar-refractivity contribution in [3.8, 4) is 0 Å². The number of hydrogen-bond acceptors (Lipinski definition) is 7. The summed E-state index contributed by atoms with van der Waals surface area (Å²) in [6, 6.07) is 1.97. The maximum Gasteiger partial charge on any atom is 0.358 e. The number of esters is 1. The summed E-state index contributed by atoms with van der Waals surface area (Å²) in [5, 5.41) is 5.64. The van der Waals surface area contributed by atoms with Gasteiger partial charge >= 0.3 is 5.97 Å². The van der Waals surface area contributed by atoms with Crippen molar-refractivity contribution in [2.75, 3.05) is 11.9 Å². The number of aromatic nitrogens is 1. The molecule has 1 N–H and O–H groups in total. The minimum absolute atomic E-state index is 0.0853. The van der Waals surface area contributed by atoms with E-state index in [0.29, 0.717) is 16.6 Å². The smallest absolute Gasteiger partial charge is 0.358 e. The van der Waals surface area contributed by atoms with Crippen LogP contribution >= 0.6 is 38.6 Å². The first-order valence-electron chi connectivity index (χ1n) is 6.17. The van der Waals surface area contributed by atoms with Crippen LogP contribution in [0, 0.1) is 0 Å². The van der Waals surface area contributed by atoms with Gasteiger partial charge in [-0.05, 0) is 34.3 Å². The normalized spacial score (nSPS) is 10.4. The Kier molecular flexibility index (Phi) is 5.49. The second kappa shape index (κ2) is 7.15. The van der Waals surface area contributed by atoms with Gasteiger partial charge in [-0.25, -0.2) is 9.78 Å². The number of hydrogen-bond donors (Lipinski definition) is 1. The van der Waals surface area contributed by atoms with Gasteiger partial charge in [-0.15, -0.1) is 11.3 Å². The number of nitrogens with zero attached hydrogens (tertiary/aromatic N) is 1. The second-order valence-electron chi connectivity index (χ2n) is 4.02. The van der Waals surface area contributed by atoms with Gasteiger partial charge in [0, 0.05) is 16.3 Å². The molecule has 0 bridgehead atoms. The fraction of sp³-hybridized carbons (Fsp3) is 0.308. The van der Waals surface area contributed by atoms with Crippen LogP contribution < -0.4 is 5.32 Å². The zero-order chi connectivity index (χ0) is 15.4. The van der Waals surface area contributed by atoms with Crippen LogP contribution in [0.25, 0.3) is 0 Å². The first kappa shape index (κ1) is 16.1. The summed E-state index contributed by atoms with van der Waals surface area (Å²) >= 11 is 6.23. The van der Waals surface area contributed by atoms with Crippen molar-refractivity contribution in [2.24, 2.45) is 0 Å². The van der Waals surface area contributed by atoms with Crippen LogP contribution in [0.15, 0.2) is 15.9 Å². The third-order valence-corrected chi connectivity index (χ3v) is 5.55. The van der Waals surface area contributed by atoms with E-state index < -0.39 is 5.97 Å². The average Bonchev–Trinajstić information content (AvgIpc) is 3.03. The lowest BCUT2D eigenvalue weighted by molar-refractivity contribution is 0.0517. The lowest BCUT2D eigenvalue weighted by Gasteiger charge is -2.00. The molecule has 0 aliphatic carbocycles. The van der Waals surface area contributed by atoms with E-state index in [9.17, 15) is 9.59 Å². The van der Waals surface area contributed by atoms with Crippen LogP contribution in [0.1, 0.15) is 38.9 Å². The van der Waals surface area contributed by atoms with E-state index in [2.05, 4.69) is 26.2 Å². The molecule has 21 heavy (non-hydrogen) atoms. The van der Waals surface area contributed by atoms with E-state index in [4.69, 9.17) is 4.74 Å². The van der Waals surface area contributed by atoms with E-state index >= 15 is 0 Å². The number of nitrogens with one attached hydrogen (secondary N) is 1. The highest BCUT2D eigenvalue weighted by molar-refractivity contribution is 9.10. The lowest BCUT2D eigenvalue weighted by atomic mass is 10.3. The van der Waals surface area contributed by atoms with Gasteiger partial charge < -0.3 is 10.1 Å². The average molecular weight is 389 g/mol. The van der Waals surface area contributed by atoms with Crippen LogP contribution in [0.3, 0.4) is 0 Å². The molecule has 0 unspecified atom stereocenters. The molecule has 0 amide bonds. The van der Waals surface area contributed by atoms with E-state index in [0.717, 1.165) is 9.35 Å². The Labute approximate surface area is 138 Å². The van der Waals surface area contributed by atoms with Crippen molar-refractivity contribution >= 4 is 55.5 Å². The Morgan fingerprint density at radius 1 is 1.48 bits per heavy atom. The van der Waals surface area contributed by atoms with Crippen molar-refractivity contribution in [2.45, 2.75) is 20.4 Å². The molecule has 0 saturated heterocycles. The third-order valence-electron chi connectivity index (χ3n) is 2.51. The lowest BCUT2D eigenvalue weighted by Crippen LogP contribution is -2.09. The standard InChI is InChI=1S/C13H13BrN2O3S2/c1-3-19-12(18)10-11(7(2)17)21-13(16-10)15-6-9-8(14)4-5-20-9/h4-5H,3,6H2,1-2H3,(H,15,16). The Morgan fingerprint density at radius 2 is 2.24 bits per heavy atom. The zero-order valence-electron chi connectivity index (χ0n) is 11.4. The van der Waals surface area contributed by atoms with Gasteiger partial charge in [0.05, 0.1) is 13.2 Å². The second-order valence-corrected chi connectivity index (χ2v) is 6.87. The van der Waals surface area contributed by atoms with Crippen molar-refractivity contribution in [1.29, 1.82) is 0 Å². The van der Waals surface area contributed by atoms with Crippen LogP contribution in [0.2, 0.25) is 0 Å². The molecule has 0 spiro atoms. The molecular weight excluding hydrogens is 376 g/mol. The molecule has 0 aliphatic heterocycles. The molecule has 0 fully saturated rings. The summed E-state index contributed by atoms with van der Waals surface area (Å²) in [6.45, 7) is 3.95. The first-order valence-corrected chi connectivity index (χ1v) is 8.66.